The SMILES string of the molecule is CCCCCCC(C)NS(=O)(=O)c1cc(CO)oc1C. The van der Waals surface area contributed by atoms with Crippen molar-refractivity contribution in [3.8, 4) is 0 Å². The lowest BCUT2D eigenvalue weighted by molar-refractivity contribution is 0.244. The van der Waals surface area contributed by atoms with E-state index in [1.54, 1.807) is 6.92 Å². The van der Waals surface area contributed by atoms with Crippen LogP contribution in [-0.2, 0) is 16.6 Å². The first kappa shape index (κ1) is 17.2. The smallest absolute Gasteiger partial charge is 0.244 e. The number of hydrogen-bond acceptors (Lipinski definition) is 4. The fourth-order valence-electron chi connectivity index (χ4n) is 2.13. The Hall–Kier alpha value is -0.850. The highest BCUT2D eigenvalue weighted by Gasteiger charge is 2.22. The van der Waals surface area contributed by atoms with Gasteiger partial charge in [-0.2, -0.15) is 0 Å². The predicted molar refractivity (Wildman–Crippen MR) is 77.9 cm³/mol. The number of aryl methyl sites for hydroxylation is 1. The Bertz CT molecular complexity index is 507. The Labute approximate surface area is 121 Å². The molecule has 0 saturated carbocycles. The summed E-state index contributed by atoms with van der Waals surface area (Å²) < 4.78 is 32.3. The summed E-state index contributed by atoms with van der Waals surface area (Å²) in [6.45, 7) is 5.29. The summed E-state index contributed by atoms with van der Waals surface area (Å²) in [6, 6.07) is 1.27. The summed E-state index contributed by atoms with van der Waals surface area (Å²) in [6.07, 6.45) is 5.31. The molecule has 2 N–H and O–H groups in total. The van der Waals surface area contributed by atoms with Crippen LogP contribution in [0.3, 0.4) is 0 Å². The normalized spacial score (nSPS) is 13.6. The molecule has 1 rings (SSSR count). The average molecular weight is 303 g/mol. The van der Waals surface area contributed by atoms with E-state index in [0.29, 0.717) is 5.76 Å². The third-order valence-electron chi connectivity index (χ3n) is 3.22. The Kier molecular flexibility index (Phi) is 6.71. The number of furan rings is 1. The molecular formula is C14H25NO4S. The molecule has 0 amide bonds. The van der Waals surface area contributed by atoms with Gasteiger partial charge >= 0.3 is 0 Å². The van der Waals surface area contributed by atoms with Gasteiger partial charge in [-0.1, -0.05) is 32.6 Å². The quantitative estimate of drug-likeness (QED) is 0.687. The summed E-state index contributed by atoms with van der Waals surface area (Å²) in [4.78, 5) is 0.113. The molecule has 0 saturated heterocycles. The number of rotatable bonds is 9. The van der Waals surface area contributed by atoms with Gasteiger partial charge in [-0.3, -0.25) is 0 Å². The van der Waals surface area contributed by atoms with E-state index >= 15 is 0 Å². The summed E-state index contributed by atoms with van der Waals surface area (Å²) in [5.74, 6) is 0.568. The summed E-state index contributed by atoms with van der Waals surface area (Å²) in [7, 11) is -3.58. The van der Waals surface area contributed by atoms with E-state index in [1.165, 1.54) is 12.5 Å². The minimum Gasteiger partial charge on any atom is -0.462 e. The third kappa shape index (κ3) is 4.92. The minimum absolute atomic E-state index is 0.108. The van der Waals surface area contributed by atoms with Gasteiger partial charge in [-0.05, 0) is 20.3 Å². The number of aliphatic hydroxyl groups is 1. The van der Waals surface area contributed by atoms with Crippen LogP contribution in [0.4, 0.5) is 0 Å². The van der Waals surface area contributed by atoms with Crippen molar-refractivity contribution < 1.29 is 17.9 Å². The van der Waals surface area contributed by atoms with Crippen molar-refractivity contribution in [3.05, 3.63) is 17.6 Å². The van der Waals surface area contributed by atoms with Gasteiger partial charge in [0, 0.05) is 12.1 Å². The molecule has 20 heavy (non-hydrogen) atoms. The average Bonchev–Trinajstić information content (AvgIpc) is 2.76. The maximum atomic E-state index is 12.2. The molecule has 1 aromatic heterocycles. The molecule has 1 heterocycles. The third-order valence-corrected chi connectivity index (χ3v) is 4.91. The van der Waals surface area contributed by atoms with Crippen molar-refractivity contribution in [2.24, 2.45) is 0 Å². The number of unbranched alkanes of at least 4 members (excludes halogenated alkanes) is 3. The number of hydrogen-bond donors (Lipinski definition) is 2. The lowest BCUT2D eigenvalue weighted by Gasteiger charge is -2.13. The number of sulfonamides is 1. The highest BCUT2D eigenvalue weighted by atomic mass is 32.2. The first-order valence-electron chi connectivity index (χ1n) is 7.13. The largest absolute Gasteiger partial charge is 0.462 e. The number of nitrogens with one attached hydrogen (secondary N) is 1. The van der Waals surface area contributed by atoms with Crippen LogP contribution < -0.4 is 4.72 Å². The van der Waals surface area contributed by atoms with E-state index < -0.39 is 10.0 Å². The van der Waals surface area contributed by atoms with Crippen molar-refractivity contribution in [2.45, 2.75) is 70.4 Å². The molecule has 0 radical (unpaired) electrons. The highest BCUT2D eigenvalue weighted by molar-refractivity contribution is 7.89. The van der Waals surface area contributed by atoms with Crippen LogP contribution in [0.5, 0.6) is 0 Å². The summed E-state index contributed by atoms with van der Waals surface area (Å²) in [5, 5.41) is 8.98. The Balaban J connectivity index is 2.62. The first-order chi connectivity index (χ1) is 9.40. The van der Waals surface area contributed by atoms with Gasteiger partial charge in [-0.25, -0.2) is 13.1 Å². The van der Waals surface area contributed by atoms with Crippen LogP contribution in [0, 0.1) is 6.92 Å². The molecule has 6 heteroatoms. The molecule has 0 aliphatic heterocycles. The second kappa shape index (κ2) is 7.81. The Morgan fingerprint density at radius 2 is 2.05 bits per heavy atom. The van der Waals surface area contributed by atoms with E-state index in [2.05, 4.69) is 11.6 Å². The first-order valence-corrected chi connectivity index (χ1v) is 8.61. The zero-order valence-electron chi connectivity index (χ0n) is 12.5. The Morgan fingerprint density at radius 3 is 2.60 bits per heavy atom. The maximum absolute atomic E-state index is 12.2. The fourth-order valence-corrected chi connectivity index (χ4v) is 3.61. The van der Waals surface area contributed by atoms with Crippen LogP contribution in [0.15, 0.2) is 15.4 Å². The van der Waals surface area contributed by atoms with Crippen molar-refractivity contribution in [3.63, 3.8) is 0 Å². The van der Waals surface area contributed by atoms with Crippen LogP contribution in [0.25, 0.3) is 0 Å². The van der Waals surface area contributed by atoms with Crippen molar-refractivity contribution in [1.29, 1.82) is 0 Å². The molecule has 0 fully saturated rings. The van der Waals surface area contributed by atoms with Gasteiger partial charge in [-0.15, -0.1) is 0 Å². The van der Waals surface area contributed by atoms with Gasteiger partial charge < -0.3 is 9.52 Å². The maximum Gasteiger partial charge on any atom is 0.244 e. The van der Waals surface area contributed by atoms with Crippen molar-refractivity contribution in [1.82, 2.24) is 4.72 Å². The molecule has 0 bridgehead atoms. The molecule has 0 aromatic carbocycles. The van der Waals surface area contributed by atoms with E-state index in [1.807, 2.05) is 6.92 Å². The second-order valence-electron chi connectivity index (χ2n) is 5.16. The molecule has 0 aliphatic rings. The van der Waals surface area contributed by atoms with Gasteiger partial charge in [0.2, 0.25) is 10.0 Å². The summed E-state index contributed by atoms with van der Waals surface area (Å²) >= 11 is 0. The minimum atomic E-state index is -3.58. The van der Waals surface area contributed by atoms with Crippen LogP contribution in [0.1, 0.15) is 57.5 Å². The topological polar surface area (TPSA) is 79.5 Å². The molecule has 0 spiro atoms. The van der Waals surface area contributed by atoms with Crippen LogP contribution in [0.2, 0.25) is 0 Å². The molecule has 116 valence electrons. The monoisotopic (exact) mass is 303 g/mol. The van der Waals surface area contributed by atoms with E-state index in [-0.39, 0.29) is 23.3 Å². The second-order valence-corrected chi connectivity index (χ2v) is 6.85. The molecule has 1 unspecified atom stereocenters. The lowest BCUT2D eigenvalue weighted by Crippen LogP contribution is -2.32. The summed E-state index contributed by atoms with van der Waals surface area (Å²) in [5.41, 5.74) is 0. The van der Waals surface area contributed by atoms with Gasteiger partial charge in [0.25, 0.3) is 0 Å². The number of aliphatic hydroxyl groups excluding tert-OH is 1. The highest BCUT2D eigenvalue weighted by Crippen LogP contribution is 2.20. The fraction of sp³-hybridized carbons (Fsp3) is 0.714. The predicted octanol–water partition coefficient (Wildman–Crippen LogP) is 2.72. The molecular weight excluding hydrogens is 278 g/mol. The van der Waals surface area contributed by atoms with Gasteiger partial charge in [0.15, 0.2) is 0 Å². The molecule has 1 atom stereocenters. The lowest BCUT2D eigenvalue weighted by atomic mass is 10.1. The standard InChI is InChI=1S/C14H25NO4S/c1-4-5-6-7-8-11(2)15-20(17,18)14-9-13(10-16)19-12(14)3/h9,11,15-16H,4-8,10H2,1-3H3. The van der Waals surface area contributed by atoms with E-state index in [4.69, 9.17) is 9.52 Å². The zero-order chi connectivity index (χ0) is 15.2. The Morgan fingerprint density at radius 1 is 1.35 bits per heavy atom. The zero-order valence-corrected chi connectivity index (χ0v) is 13.3. The molecule has 0 aliphatic carbocycles. The van der Waals surface area contributed by atoms with Crippen molar-refractivity contribution in [2.75, 3.05) is 0 Å². The van der Waals surface area contributed by atoms with Crippen LogP contribution in [-0.4, -0.2) is 19.6 Å². The molecule has 1 aromatic rings. The van der Waals surface area contributed by atoms with Gasteiger partial charge in [0.1, 0.15) is 23.0 Å². The van der Waals surface area contributed by atoms with E-state index in [9.17, 15) is 8.42 Å². The molecule has 5 nitrogen and oxygen atoms in total. The van der Waals surface area contributed by atoms with Crippen LogP contribution >= 0.6 is 0 Å². The van der Waals surface area contributed by atoms with Crippen molar-refractivity contribution >= 4 is 10.0 Å². The van der Waals surface area contributed by atoms with E-state index in [0.717, 1.165) is 25.7 Å². The van der Waals surface area contributed by atoms with Gasteiger partial charge in [0.05, 0.1) is 0 Å².